The highest BCUT2D eigenvalue weighted by Crippen LogP contribution is 2.41. The average Bonchev–Trinajstić information content (AvgIpc) is 4.00. The Balaban J connectivity index is 1.14. The van der Waals surface area contributed by atoms with Crippen LogP contribution in [0.15, 0.2) is 199 Å². The number of oxazole rings is 1. The first-order valence-electron chi connectivity index (χ1n) is 19.6. The Hall–Kier alpha value is -8.16. The zero-order chi connectivity index (χ0) is 38.9. The maximum absolute atomic E-state index is 6.21. The van der Waals surface area contributed by atoms with E-state index < -0.39 is 0 Å². The fourth-order valence-corrected chi connectivity index (χ4v) is 8.51. The number of hydrogen-bond donors (Lipinski definition) is 0. The third-order valence-corrected chi connectivity index (χ3v) is 11.2. The molecule has 0 amide bonds. The molecule has 0 saturated carbocycles. The van der Waals surface area contributed by atoms with Crippen LogP contribution in [0, 0.1) is 0 Å². The fraction of sp³-hybridized carbons (Fsp3) is 0. The first kappa shape index (κ1) is 33.0. The Morgan fingerprint density at radius 2 is 0.898 bits per heavy atom. The molecule has 8 aromatic carbocycles. The number of nitrogens with zero attached hydrogens (tertiary/aromatic N) is 6. The summed E-state index contributed by atoms with van der Waals surface area (Å²) in [4.78, 5) is 20.7. The number of rotatable bonds is 6. The molecular formula is C52H32N6O. The van der Waals surface area contributed by atoms with E-state index in [4.69, 9.17) is 24.4 Å². The van der Waals surface area contributed by atoms with Gasteiger partial charge in [-0.3, -0.25) is 4.57 Å². The van der Waals surface area contributed by atoms with Crippen LogP contribution in [0.5, 0.6) is 0 Å². The van der Waals surface area contributed by atoms with E-state index in [1.54, 1.807) is 0 Å². The molecule has 0 saturated heterocycles. The minimum atomic E-state index is 0.521. The van der Waals surface area contributed by atoms with Crippen molar-refractivity contribution in [3.8, 4) is 57.0 Å². The zero-order valence-electron chi connectivity index (χ0n) is 31.6. The Labute approximate surface area is 338 Å². The minimum Gasteiger partial charge on any atom is -0.436 e. The van der Waals surface area contributed by atoms with Crippen molar-refractivity contribution >= 4 is 54.7 Å². The van der Waals surface area contributed by atoms with Gasteiger partial charge < -0.3 is 8.98 Å². The molecule has 12 aromatic rings. The van der Waals surface area contributed by atoms with Gasteiger partial charge in [0.05, 0.1) is 22.1 Å². The van der Waals surface area contributed by atoms with Crippen molar-refractivity contribution in [3.05, 3.63) is 194 Å². The molecule has 4 heterocycles. The average molecular weight is 757 g/mol. The smallest absolute Gasteiger partial charge is 0.238 e. The van der Waals surface area contributed by atoms with Crippen LogP contribution in [-0.4, -0.2) is 29.1 Å². The Morgan fingerprint density at radius 3 is 1.63 bits per heavy atom. The zero-order valence-corrected chi connectivity index (χ0v) is 31.6. The molecule has 0 bridgehead atoms. The molecule has 4 aromatic heterocycles. The SMILES string of the molecule is c1ccc(-c2ccc(-c3nc(-c4cccc(-c5nc6ccccc6o5)c4)nc(-n4c5ccccc5c5ccc6c7ccccc7n(-c7ccccc7)c6c54)n3)cc2)cc1. The van der Waals surface area contributed by atoms with Crippen LogP contribution in [0.2, 0.25) is 0 Å². The first-order valence-corrected chi connectivity index (χ1v) is 19.6. The molecule has 0 fully saturated rings. The molecule has 7 nitrogen and oxygen atoms in total. The lowest BCUT2D eigenvalue weighted by molar-refractivity contribution is 0.620. The van der Waals surface area contributed by atoms with E-state index in [1.807, 2.05) is 54.6 Å². The van der Waals surface area contributed by atoms with Crippen molar-refractivity contribution in [2.24, 2.45) is 0 Å². The van der Waals surface area contributed by atoms with Gasteiger partial charge in [0, 0.05) is 43.9 Å². The van der Waals surface area contributed by atoms with Crippen molar-refractivity contribution < 1.29 is 4.42 Å². The molecule has 12 rings (SSSR count). The van der Waals surface area contributed by atoms with Gasteiger partial charge >= 0.3 is 0 Å². The van der Waals surface area contributed by atoms with Crippen molar-refractivity contribution in [1.29, 1.82) is 0 Å². The summed E-state index contributed by atoms with van der Waals surface area (Å²) in [7, 11) is 0. The largest absolute Gasteiger partial charge is 0.436 e. The standard InChI is InChI=1S/C52H32N6O/c1-3-14-33(15-4-1)34-26-28-35(29-27-34)49-54-50(36-16-13-17-37(32-36)51-53-43-22-9-12-25-46(43)59-51)56-52(55-49)58-45-24-11-8-21-40(45)42-31-30-41-39-20-7-10-23-44(39)57(47(41)48(42)58)38-18-5-2-6-19-38/h1-32H. The number of fused-ring (bicyclic) bond motifs is 8. The van der Waals surface area contributed by atoms with Crippen LogP contribution < -0.4 is 0 Å². The summed E-state index contributed by atoms with van der Waals surface area (Å²) < 4.78 is 10.8. The van der Waals surface area contributed by atoms with Gasteiger partial charge in [0.25, 0.3) is 0 Å². The molecule has 0 radical (unpaired) electrons. The highest BCUT2D eigenvalue weighted by atomic mass is 16.3. The third kappa shape index (κ3) is 5.36. The van der Waals surface area contributed by atoms with Crippen molar-refractivity contribution in [2.45, 2.75) is 0 Å². The first-order chi connectivity index (χ1) is 29.2. The Kier molecular flexibility index (Phi) is 7.40. The second-order valence-electron chi connectivity index (χ2n) is 14.7. The van der Waals surface area contributed by atoms with Gasteiger partial charge in [-0.25, -0.2) is 9.97 Å². The van der Waals surface area contributed by atoms with Gasteiger partial charge in [-0.2, -0.15) is 9.97 Å². The molecule has 0 aliphatic carbocycles. The minimum absolute atomic E-state index is 0.521. The van der Waals surface area contributed by atoms with Crippen LogP contribution in [0.25, 0.3) is 112 Å². The van der Waals surface area contributed by atoms with Crippen LogP contribution >= 0.6 is 0 Å². The Bertz CT molecular complexity index is 3510. The van der Waals surface area contributed by atoms with E-state index >= 15 is 0 Å². The molecular weight excluding hydrogens is 725 g/mol. The predicted molar refractivity (Wildman–Crippen MR) is 238 cm³/mol. The summed E-state index contributed by atoms with van der Waals surface area (Å²) in [5.41, 5.74) is 11.7. The topological polar surface area (TPSA) is 74.6 Å². The van der Waals surface area contributed by atoms with E-state index in [0.717, 1.165) is 82.8 Å². The normalized spacial score (nSPS) is 11.7. The molecule has 0 aliphatic heterocycles. The fourth-order valence-electron chi connectivity index (χ4n) is 8.51. The maximum Gasteiger partial charge on any atom is 0.238 e. The molecule has 276 valence electrons. The molecule has 0 aliphatic rings. The van der Waals surface area contributed by atoms with Crippen LogP contribution in [0.4, 0.5) is 0 Å². The number of aromatic nitrogens is 6. The van der Waals surface area contributed by atoms with Gasteiger partial charge in [-0.15, -0.1) is 0 Å². The van der Waals surface area contributed by atoms with E-state index in [-0.39, 0.29) is 0 Å². The molecule has 0 N–H and O–H groups in total. The summed E-state index contributed by atoms with van der Waals surface area (Å²) in [6.45, 7) is 0. The van der Waals surface area contributed by atoms with Gasteiger partial charge in [-0.05, 0) is 59.7 Å². The summed E-state index contributed by atoms with van der Waals surface area (Å²) in [6, 6.07) is 66.9. The van der Waals surface area contributed by atoms with Crippen molar-refractivity contribution in [1.82, 2.24) is 29.1 Å². The Morgan fingerprint density at radius 1 is 0.356 bits per heavy atom. The quantitative estimate of drug-likeness (QED) is 0.169. The van der Waals surface area contributed by atoms with Gasteiger partial charge in [0.15, 0.2) is 17.2 Å². The lowest BCUT2D eigenvalue weighted by atomic mass is 10.0. The predicted octanol–water partition coefficient (Wildman–Crippen LogP) is 12.9. The summed E-state index contributed by atoms with van der Waals surface area (Å²) in [5.74, 6) is 2.17. The second kappa shape index (κ2) is 13.2. The lowest BCUT2D eigenvalue weighted by Gasteiger charge is -2.13. The summed E-state index contributed by atoms with van der Waals surface area (Å²) in [5, 5.41) is 4.55. The lowest BCUT2D eigenvalue weighted by Crippen LogP contribution is -2.07. The number of hydrogen-bond acceptors (Lipinski definition) is 5. The van der Waals surface area contributed by atoms with E-state index in [2.05, 4.69) is 149 Å². The van der Waals surface area contributed by atoms with Crippen molar-refractivity contribution in [2.75, 3.05) is 0 Å². The van der Waals surface area contributed by atoms with Crippen molar-refractivity contribution in [3.63, 3.8) is 0 Å². The number of para-hydroxylation sites is 5. The molecule has 7 heteroatoms. The van der Waals surface area contributed by atoms with Crippen LogP contribution in [0.3, 0.4) is 0 Å². The summed E-state index contributed by atoms with van der Waals surface area (Å²) in [6.07, 6.45) is 0. The van der Waals surface area contributed by atoms with Gasteiger partial charge in [0.2, 0.25) is 11.8 Å². The van der Waals surface area contributed by atoms with E-state index in [1.165, 1.54) is 5.39 Å². The highest BCUT2D eigenvalue weighted by Gasteiger charge is 2.23. The molecule has 0 atom stereocenters. The highest BCUT2D eigenvalue weighted by molar-refractivity contribution is 6.23. The monoisotopic (exact) mass is 756 g/mol. The van der Waals surface area contributed by atoms with E-state index in [9.17, 15) is 0 Å². The van der Waals surface area contributed by atoms with Crippen LogP contribution in [0.1, 0.15) is 0 Å². The molecule has 0 spiro atoms. The van der Waals surface area contributed by atoms with Gasteiger partial charge in [0.1, 0.15) is 5.52 Å². The second-order valence-corrected chi connectivity index (χ2v) is 14.7. The molecule has 0 unspecified atom stereocenters. The number of benzene rings is 8. The van der Waals surface area contributed by atoms with Gasteiger partial charge in [-0.1, -0.05) is 146 Å². The third-order valence-electron chi connectivity index (χ3n) is 11.2. The van der Waals surface area contributed by atoms with E-state index in [0.29, 0.717) is 23.5 Å². The molecule has 59 heavy (non-hydrogen) atoms. The van der Waals surface area contributed by atoms with Crippen LogP contribution in [-0.2, 0) is 0 Å². The maximum atomic E-state index is 6.21. The summed E-state index contributed by atoms with van der Waals surface area (Å²) >= 11 is 0.